The van der Waals surface area contributed by atoms with Crippen LogP contribution in [0.15, 0.2) is 48.5 Å². The minimum Gasteiger partial charge on any atom is -0.397 e. The Kier molecular flexibility index (Phi) is 3.15. The molecule has 2 rings (SSSR count). The molecule has 2 aromatic rings. The van der Waals surface area contributed by atoms with Crippen molar-refractivity contribution >= 4 is 24.7 Å². The summed E-state index contributed by atoms with van der Waals surface area (Å²) in [6.07, 6.45) is 0. The fourth-order valence-corrected chi connectivity index (χ4v) is 1.49. The molecule has 3 N–H and O–H groups in total. The topological polar surface area (TPSA) is 38.0 Å². The molecule has 0 bridgehead atoms. The molecule has 0 aliphatic rings. The van der Waals surface area contributed by atoms with Crippen LogP contribution in [-0.4, -0.2) is 7.85 Å². The minimum atomic E-state index is 0.745. The fourth-order valence-electron chi connectivity index (χ4n) is 1.49. The van der Waals surface area contributed by atoms with Crippen LogP contribution in [0.25, 0.3) is 0 Å². The smallest absolute Gasteiger partial charge is 0.113 e. The Morgan fingerprint density at radius 2 is 1.69 bits per heavy atom. The molecule has 0 atom stereocenters. The lowest BCUT2D eigenvalue weighted by Gasteiger charge is -2.09. The van der Waals surface area contributed by atoms with Gasteiger partial charge in [-0.3, -0.25) is 0 Å². The summed E-state index contributed by atoms with van der Waals surface area (Å²) in [6.45, 7) is 0.745. The van der Waals surface area contributed by atoms with Crippen LogP contribution in [0.3, 0.4) is 0 Å². The zero-order chi connectivity index (χ0) is 11.4. The van der Waals surface area contributed by atoms with Crippen LogP contribution in [-0.2, 0) is 6.54 Å². The normalized spacial score (nSPS) is 10.0. The third kappa shape index (κ3) is 2.57. The van der Waals surface area contributed by atoms with Crippen LogP contribution < -0.4 is 16.5 Å². The van der Waals surface area contributed by atoms with Gasteiger partial charge in [0.25, 0.3) is 0 Å². The number of nitrogens with two attached hydrogens (primary N) is 1. The molecule has 0 amide bonds. The van der Waals surface area contributed by atoms with E-state index in [0.717, 1.165) is 23.4 Å². The van der Waals surface area contributed by atoms with Crippen molar-refractivity contribution in [3.63, 3.8) is 0 Å². The van der Waals surface area contributed by atoms with Crippen LogP contribution in [0.4, 0.5) is 11.4 Å². The van der Waals surface area contributed by atoms with Crippen molar-refractivity contribution in [2.45, 2.75) is 6.54 Å². The van der Waals surface area contributed by atoms with Gasteiger partial charge < -0.3 is 11.1 Å². The van der Waals surface area contributed by atoms with E-state index in [-0.39, 0.29) is 0 Å². The van der Waals surface area contributed by atoms with E-state index in [1.165, 1.54) is 5.56 Å². The highest BCUT2D eigenvalue weighted by atomic mass is 14.9. The molecule has 2 nitrogen and oxygen atoms in total. The molecular formula is C13H13BN2. The Morgan fingerprint density at radius 3 is 2.38 bits per heavy atom. The van der Waals surface area contributed by atoms with Crippen LogP contribution >= 0.6 is 0 Å². The summed E-state index contributed by atoms with van der Waals surface area (Å²) in [4.78, 5) is 0. The Bertz CT molecular complexity index is 466. The number of nitrogen functional groups attached to an aromatic ring is 1. The van der Waals surface area contributed by atoms with Crippen molar-refractivity contribution in [3.05, 3.63) is 54.1 Å². The van der Waals surface area contributed by atoms with E-state index >= 15 is 0 Å². The minimum absolute atomic E-state index is 0.745. The second-order valence-electron chi connectivity index (χ2n) is 3.68. The molecule has 0 saturated heterocycles. The van der Waals surface area contributed by atoms with Crippen molar-refractivity contribution in [1.82, 2.24) is 0 Å². The molecular weight excluding hydrogens is 195 g/mol. The average molecular weight is 208 g/mol. The number of nitrogens with one attached hydrogen (secondary N) is 1. The molecule has 0 aliphatic heterocycles. The van der Waals surface area contributed by atoms with Crippen molar-refractivity contribution in [2.75, 3.05) is 11.1 Å². The second kappa shape index (κ2) is 4.75. The van der Waals surface area contributed by atoms with Crippen LogP contribution in [0.5, 0.6) is 0 Å². The van der Waals surface area contributed by atoms with Gasteiger partial charge in [0.05, 0.1) is 11.4 Å². The number of hydrogen-bond donors (Lipinski definition) is 2. The summed E-state index contributed by atoms with van der Waals surface area (Å²) in [5.74, 6) is 0. The molecule has 0 aliphatic carbocycles. The predicted molar refractivity (Wildman–Crippen MR) is 70.0 cm³/mol. The SMILES string of the molecule is [B]c1ccc(CNc2ccccc2N)cc1. The van der Waals surface area contributed by atoms with E-state index in [4.69, 9.17) is 13.6 Å². The van der Waals surface area contributed by atoms with E-state index in [0.29, 0.717) is 0 Å². The standard InChI is InChI=1S/C13H13BN2/c14-11-7-5-10(6-8-11)9-16-13-4-2-1-3-12(13)15/h1-8,16H,9,15H2. The molecule has 0 heterocycles. The molecule has 2 aromatic carbocycles. The Balaban J connectivity index is 2.02. The van der Waals surface area contributed by atoms with Crippen molar-refractivity contribution in [1.29, 1.82) is 0 Å². The van der Waals surface area contributed by atoms with Gasteiger partial charge in [-0.25, -0.2) is 0 Å². The highest BCUT2D eigenvalue weighted by Crippen LogP contribution is 2.17. The number of para-hydroxylation sites is 2. The van der Waals surface area contributed by atoms with Gasteiger partial charge in [0.15, 0.2) is 0 Å². The molecule has 0 unspecified atom stereocenters. The fraction of sp³-hybridized carbons (Fsp3) is 0.0769. The van der Waals surface area contributed by atoms with Crippen LogP contribution in [0, 0.1) is 0 Å². The first kappa shape index (κ1) is 10.6. The quantitative estimate of drug-likeness (QED) is 0.594. The first-order valence-corrected chi connectivity index (χ1v) is 5.18. The lowest BCUT2D eigenvalue weighted by molar-refractivity contribution is 1.15. The number of hydrogen-bond acceptors (Lipinski definition) is 2. The van der Waals surface area contributed by atoms with Gasteiger partial charge in [0.1, 0.15) is 7.85 Å². The third-order valence-corrected chi connectivity index (χ3v) is 2.42. The average Bonchev–Trinajstić information content (AvgIpc) is 2.30. The van der Waals surface area contributed by atoms with Gasteiger partial charge in [-0.05, 0) is 17.7 Å². The van der Waals surface area contributed by atoms with Gasteiger partial charge in [0.2, 0.25) is 0 Å². The maximum Gasteiger partial charge on any atom is 0.113 e. The van der Waals surface area contributed by atoms with E-state index in [9.17, 15) is 0 Å². The summed E-state index contributed by atoms with van der Waals surface area (Å²) in [7, 11) is 5.62. The Hall–Kier alpha value is -1.90. The van der Waals surface area contributed by atoms with E-state index in [1.54, 1.807) is 0 Å². The number of benzene rings is 2. The summed E-state index contributed by atoms with van der Waals surface area (Å²) in [5, 5.41) is 3.28. The van der Waals surface area contributed by atoms with E-state index in [1.807, 2.05) is 48.5 Å². The largest absolute Gasteiger partial charge is 0.397 e. The molecule has 0 spiro atoms. The van der Waals surface area contributed by atoms with Crippen LogP contribution in [0.2, 0.25) is 0 Å². The maximum atomic E-state index is 5.83. The molecule has 2 radical (unpaired) electrons. The number of anilines is 2. The van der Waals surface area contributed by atoms with Gasteiger partial charge in [-0.1, -0.05) is 41.9 Å². The molecule has 0 saturated carbocycles. The highest BCUT2D eigenvalue weighted by molar-refractivity contribution is 6.32. The summed E-state index contributed by atoms with van der Waals surface area (Å²) in [6, 6.07) is 15.5. The molecule has 0 aromatic heterocycles. The predicted octanol–water partition coefficient (Wildman–Crippen LogP) is 1.67. The van der Waals surface area contributed by atoms with Crippen LogP contribution in [0.1, 0.15) is 5.56 Å². The first-order valence-electron chi connectivity index (χ1n) is 5.18. The molecule has 78 valence electrons. The maximum absolute atomic E-state index is 5.83. The van der Waals surface area contributed by atoms with Gasteiger partial charge in [-0.15, -0.1) is 0 Å². The molecule has 3 heteroatoms. The van der Waals surface area contributed by atoms with Gasteiger partial charge in [0, 0.05) is 6.54 Å². The second-order valence-corrected chi connectivity index (χ2v) is 3.68. The van der Waals surface area contributed by atoms with Crippen molar-refractivity contribution in [3.8, 4) is 0 Å². The highest BCUT2D eigenvalue weighted by Gasteiger charge is 1.96. The third-order valence-electron chi connectivity index (χ3n) is 2.42. The zero-order valence-corrected chi connectivity index (χ0v) is 8.98. The molecule has 16 heavy (non-hydrogen) atoms. The Morgan fingerprint density at radius 1 is 1.00 bits per heavy atom. The van der Waals surface area contributed by atoms with Gasteiger partial charge >= 0.3 is 0 Å². The summed E-state index contributed by atoms with van der Waals surface area (Å²) < 4.78 is 0. The number of rotatable bonds is 3. The lowest BCUT2D eigenvalue weighted by Crippen LogP contribution is -2.05. The van der Waals surface area contributed by atoms with Crippen molar-refractivity contribution in [2.24, 2.45) is 0 Å². The van der Waals surface area contributed by atoms with Gasteiger partial charge in [-0.2, -0.15) is 0 Å². The summed E-state index contributed by atoms with van der Waals surface area (Å²) in [5.41, 5.74) is 9.50. The lowest BCUT2D eigenvalue weighted by atomic mass is 9.95. The van der Waals surface area contributed by atoms with Crippen molar-refractivity contribution < 1.29 is 0 Å². The summed E-state index contributed by atoms with van der Waals surface area (Å²) >= 11 is 0. The Labute approximate surface area is 96.9 Å². The monoisotopic (exact) mass is 208 g/mol. The molecule has 0 fully saturated rings. The van der Waals surface area contributed by atoms with E-state index < -0.39 is 0 Å². The zero-order valence-electron chi connectivity index (χ0n) is 8.98. The first-order chi connectivity index (χ1) is 7.75. The van der Waals surface area contributed by atoms with E-state index in [2.05, 4.69) is 5.32 Å².